The zero-order valence-electron chi connectivity index (χ0n) is 13.0. The number of carbonyl (C=O) groups excluding carboxylic acids is 2. The number of carbonyl (C=O) groups is 2. The van der Waals surface area contributed by atoms with Crippen molar-refractivity contribution >= 4 is 22.1 Å². The monoisotopic (exact) mass is 306 g/mol. The summed E-state index contributed by atoms with van der Waals surface area (Å²) in [6, 6.07) is 2.69. The van der Waals surface area contributed by atoms with Gasteiger partial charge in [-0.15, -0.1) is 10.2 Å². The molecule has 10 heteroatoms. The molecule has 0 unspecified atom stereocenters. The quantitative estimate of drug-likeness (QED) is 0.513. The highest BCUT2D eigenvalue weighted by molar-refractivity contribution is 7.79. The molecule has 2 rings (SSSR count). The van der Waals surface area contributed by atoms with Gasteiger partial charge in [-0.25, -0.2) is 0 Å². The van der Waals surface area contributed by atoms with Crippen LogP contribution in [-0.4, -0.2) is 46.4 Å². The van der Waals surface area contributed by atoms with Gasteiger partial charge in [0.2, 0.25) is 0 Å². The molecule has 0 atom stereocenters. The van der Waals surface area contributed by atoms with E-state index in [1.807, 2.05) is 0 Å². The predicted octanol–water partition coefficient (Wildman–Crippen LogP) is -0.224. The van der Waals surface area contributed by atoms with Gasteiger partial charge in [0.05, 0.1) is 0 Å². The van der Waals surface area contributed by atoms with Crippen molar-refractivity contribution in [2.75, 3.05) is 6.98 Å². The molecular weight excluding hydrogens is 290 g/mol. The molecule has 9 nitrogen and oxygen atoms in total. The van der Waals surface area contributed by atoms with Gasteiger partial charge in [0.25, 0.3) is 5.91 Å². The van der Waals surface area contributed by atoms with Crippen LogP contribution in [-0.2, 0) is 10.4 Å². The summed E-state index contributed by atoms with van der Waals surface area (Å²) in [6.45, 7) is -2.57. The molecular formula is C10H13N3O6S. The summed E-state index contributed by atoms with van der Waals surface area (Å²) < 4.78 is 52.2. The van der Waals surface area contributed by atoms with Crippen LogP contribution in [0.3, 0.4) is 0 Å². The van der Waals surface area contributed by atoms with Crippen molar-refractivity contribution in [3.63, 3.8) is 0 Å². The average molecular weight is 306 g/mol. The first-order chi connectivity index (χ1) is 10.4. The number of hydrogen-bond donors (Lipinski definition) is 3. The average Bonchev–Trinajstić information content (AvgIpc) is 3.18. The third-order valence-electron chi connectivity index (χ3n) is 2.21. The van der Waals surface area contributed by atoms with Gasteiger partial charge in [-0.1, -0.05) is 0 Å². The number of ketones is 1. The number of Topliss-reactive ketones (excluding diaryl/α,β-unsaturated/α-hetero) is 1. The SMILES string of the molecule is O=S(=O)(O)O.[2H]C([2H])([2H])NC(=O)c1ccc(C(=O)C2CC2)nn1. The van der Waals surface area contributed by atoms with Crippen molar-refractivity contribution in [1.29, 1.82) is 0 Å². The molecule has 0 aliphatic heterocycles. The maximum absolute atomic E-state index is 11.6. The first kappa shape index (κ1) is 11.9. The lowest BCUT2D eigenvalue weighted by Crippen LogP contribution is -2.20. The van der Waals surface area contributed by atoms with Gasteiger partial charge < -0.3 is 5.32 Å². The van der Waals surface area contributed by atoms with Gasteiger partial charge in [-0.3, -0.25) is 18.7 Å². The highest BCUT2D eigenvalue weighted by Crippen LogP contribution is 2.31. The number of hydrogen-bond acceptors (Lipinski definition) is 6. The first-order valence-corrected chi connectivity index (χ1v) is 6.67. The molecule has 1 aliphatic rings. The minimum absolute atomic E-state index is 0.0290. The lowest BCUT2D eigenvalue weighted by Gasteiger charge is -1.99. The Bertz CT molecular complexity index is 677. The zero-order valence-corrected chi connectivity index (χ0v) is 10.8. The van der Waals surface area contributed by atoms with Crippen LogP contribution < -0.4 is 5.32 Å². The van der Waals surface area contributed by atoms with Crippen molar-refractivity contribution in [2.45, 2.75) is 12.8 Å². The van der Waals surface area contributed by atoms with Crippen LogP contribution in [0.5, 0.6) is 0 Å². The van der Waals surface area contributed by atoms with Crippen molar-refractivity contribution < 1.29 is 31.2 Å². The summed E-state index contributed by atoms with van der Waals surface area (Å²) in [5.74, 6) is -0.889. The molecule has 1 aromatic rings. The number of nitrogens with one attached hydrogen (secondary N) is 1. The lowest BCUT2D eigenvalue weighted by atomic mass is 10.2. The number of aromatic nitrogens is 2. The highest BCUT2D eigenvalue weighted by atomic mass is 32.3. The summed E-state index contributed by atoms with van der Waals surface area (Å²) in [5.41, 5.74) is 0.0846. The van der Waals surface area contributed by atoms with Crippen LogP contribution in [0, 0.1) is 5.92 Å². The molecule has 1 amide bonds. The maximum atomic E-state index is 11.6. The lowest BCUT2D eigenvalue weighted by molar-refractivity contribution is 0.0944. The Balaban J connectivity index is 0.000000463. The molecule has 1 aliphatic carbocycles. The fraction of sp³-hybridized carbons (Fsp3) is 0.400. The minimum atomic E-state index is -4.67. The summed E-state index contributed by atoms with van der Waals surface area (Å²) in [6.07, 6.45) is 1.73. The second-order valence-electron chi connectivity index (χ2n) is 3.84. The van der Waals surface area contributed by atoms with Crippen molar-refractivity contribution in [1.82, 2.24) is 15.5 Å². The zero-order chi connectivity index (χ0) is 17.8. The second-order valence-corrected chi connectivity index (χ2v) is 4.74. The molecule has 20 heavy (non-hydrogen) atoms. The molecule has 1 fully saturated rings. The Morgan fingerprint density at radius 1 is 1.30 bits per heavy atom. The molecule has 1 heterocycles. The molecule has 1 saturated carbocycles. The van der Waals surface area contributed by atoms with Gasteiger partial charge in [-0.05, 0) is 25.0 Å². The van der Waals surface area contributed by atoms with E-state index in [0.717, 1.165) is 12.8 Å². The largest absolute Gasteiger partial charge is 0.394 e. The van der Waals surface area contributed by atoms with E-state index in [9.17, 15) is 9.59 Å². The van der Waals surface area contributed by atoms with Crippen LogP contribution >= 0.6 is 0 Å². The van der Waals surface area contributed by atoms with Crippen LogP contribution in [0.15, 0.2) is 12.1 Å². The molecule has 0 radical (unpaired) electrons. The summed E-state index contributed by atoms with van der Waals surface area (Å²) in [4.78, 5) is 23.1. The third-order valence-corrected chi connectivity index (χ3v) is 2.21. The van der Waals surface area contributed by atoms with Crippen LogP contribution in [0.25, 0.3) is 0 Å². The van der Waals surface area contributed by atoms with E-state index in [-0.39, 0.29) is 23.1 Å². The Labute approximate surface area is 119 Å². The standard InChI is InChI=1S/C10H11N3O2.H2O4S/c1-11-10(15)8-5-4-7(12-13-8)9(14)6-2-3-6;1-5(2,3)4/h4-6H,2-3H2,1H3,(H,11,15);(H2,1,2,3,4)/i1D3;. The van der Waals surface area contributed by atoms with Crippen LogP contribution in [0.1, 0.15) is 37.9 Å². The Morgan fingerprint density at radius 2 is 1.80 bits per heavy atom. The molecule has 0 spiro atoms. The summed E-state index contributed by atoms with van der Waals surface area (Å²) in [7, 11) is -4.67. The van der Waals surface area contributed by atoms with Gasteiger partial charge in [0.1, 0.15) is 5.69 Å². The van der Waals surface area contributed by atoms with E-state index in [4.69, 9.17) is 21.6 Å². The van der Waals surface area contributed by atoms with E-state index in [0.29, 0.717) is 0 Å². The van der Waals surface area contributed by atoms with E-state index in [1.165, 1.54) is 12.1 Å². The Kier molecular flexibility index (Phi) is 3.86. The first-order valence-electron chi connectivity index (χ1n) is 6.77. The summed E-state index contributed by atoms with van der Waals surface area (Å²) >= 11 is 0. The molecule has 110 valence electrons. The fourth-order valence-electron chi connectivity index (χ4n) is 1.20. The van der Waals surface area contributed by atoms with Gasteiger partial charge in [-0.2, -0.15) is 8.42 Å². The molecule has 0 bridgehead atoms. The second kappa shape index (κ2) is 6.50. The Hall–Kier alpha value is -1.91. The third kappa shape index (κ3) is 5.82. The highest BCUT2D eigenvalue weighted by Gasteiger charge is 2.31. The van der Waals surface area contributed by atoms with Crippen LogP contribution in [0.4, 0.5) is 0 Å². The van der Waals surface area contributed by atoms with E-state index >= 15 is 0 Å². The van der Waals surface area contributed by atoms with E-state index in [1.54, 1.807) is 5.32 Å². The van der Waals surface area contributed by atoms with Crippen molar-refractivity contribution in [3.05, 3.63) is 23.5 Å². The summed E-state index contributed by atoms with van der Waals surface area (Å²) in [5, 5.41) is 9.00. The number of amides is 1. The smallest absolute Gasteiger partial charge is 0.354 e. The molecule has 3 N–H and O–H groups in total. The van der Waals surface area contributed by atoms with Crippen molar-refractivity contribution in [2.24, 2.45) is 5.92 Å². The topological polar surface area (TPSA) is 147 Å². The van der Waals surface area contributed by atoms with Gasteiger partial charge in [0.15, 0.2) is 11.5 Å². The normalized spacial score (nSPS) is 16.8. The molecule has 0 aromatic carbocycles. The number of rotatable bonds is 3. The molecule has 0 saturated heterocycles. The Morgan fingerprint density at radius 3 is 2.20 bits per heavy atom. The van der Waals surface area contributed by atoms with E-state index < -0.39 is 23.3 Å². The van der Waals surface area contributed by atoms with Crippen molar-refractivity contribution in [3.8, 4) is 0 Å². The maximum Gasteiger partial charge on any atom is 0.394 e. The molecule has 1 aromatic heterocycles. The van der Waals surface area contributed by atoms with E-state index in [2.05, 4.69) is 10.2 Å². The fourth-order valence-corrected chi connectivity index (χ4v) is 1.20. The van der Waals surface area contributed by atoms with Gasteiger partial charge >= 0.3 is 10.4 Å². The predicted molar refractivity (Wildman–Crippen MR) is 66.7 cm³/mol. The van der Waals surface area contributed by atoms with Crippen LogP contribution in [0.2, 0.25) is 0 Å². The number of nitrogens with zero attached hydrogens (tertiary/aromatic N) is 2. The van der Waals surface area contributed by atoms with Gasteiger partial charge in [0, 0.05) is 17.0 Å². The minimum Gasteiger partial charge on any atom is -0.354 e.